The molecule has 0 saturated heterocycles. The van der Waals surface area contributed by atoms with Crippen molar-refractivity contribution in [2.24, 2.45) is 11.7 Å². The zero-order chi connectivity index (χ0) is 22.7. The van der Waals surface area contributed by atoms with Gasteiger partial charge >= 0.3 is 0 Å². The van der Waals surface area contributed by atoms with E-state index in [4.69, 9.17) is 22.1 Å². The van der Waals surface area contributed by atoms with Crippen LogP contribution in [0.5, 0.6) is 5.75 Å². The van der Waals surface area contributed by atoms with Crippen LogP contribution in [0.1, 0.15) is 54.4 Å². The van der Waals surface area contributed by atoms with Crippen LogP contribution in [0, 0.1) is 5.92 Å². The van der Waals surface area contributed by atoms with Crippen LogP contribution in [-0.4, -0.2) is 35.9 Å². The number of anilines is 1. The predicted molar refractivity (Wildman–Crippen MR) is 126 cm³/mol. The van der Waals surface area contributed by atoms with Gasteiger partial charge in [0.05, 0.1) is 12.7 Å². The lowest BCUT2D eigenvalue weighted by Crippen LogP contribution is -2.44. The summed E-state index contributed by atoms with van der Waals surface area (Å²) in [6.45, 7) is 0.437. The Bertz CT molecular complexity index is 984. The highest BCUT2D eigenvalue weighted by Gasteiger charge is 2.37. The fraction of sp³-hybridized carbons (Fsp3) is 0.440. The SMILES string of the molecule is COc1ccccc1C(=O)Nc1ccc(Cl)c(CN(C(=O)C2CC2)C2CCC(N)CC2)c1. The molecule has 2 saturated carbocycles. The van der Waals surface area contributed by atoms with E-state index in [0.717, 1.165) is 44.1 Å². The van der Waals surface area contributed by atoms with Crippen LogP contribution in [-0.2, 0) is 11.3 Å². The van der Waals surface area contributed by atoms with Gasteiger partial charge in [0.2, 0.25) is 5.91 Å². The molecule has 0 radical (unpaired) electrons. The number of halogens is 1. The number of benzene rings is 2. The van der Waals surface area contributed by atoms with Gasteiger partial charge in [-0.3, -0.25) is 9.59 Å². The molecule has 2 aromatic carbocycles. The normalized spacial score (nSPS) is 20.5. The molecule has 0 atom stereocenters. The molecule has 0 aliphatic heterocycles. The maximum Gasteiger partial charge on any atom is 0.259 e. The standard InChI is InChI=1S/C25H30ClN3O3/c1-32-23-5-3-2-4-21(23)24(30)28-19-10-13-22(26)17(14-19)15-29(25(31)16-6-7-16)20-11-8-18(27)9-12-20/h2-5,10,13-14,16,18,20H,6-9,11-12,15,27H2,1H3,(H,28,30). The van der Waals surface area contributed by atoms with Gasteiger partial charge in [-0.1, -0.05) is 23.7 Å². The molecule has 2 fully saturated rings. The maximum absolute atomic E-state index is 13.1. The van der Waals surface area contributed by atoms with Crippen LogP contribution in [0.3, 0.4) is 0 Å². The Morgan fingerprint density at radius 3 is 2.50 bits per heavy atom. The molecule has 2 aromatic rings. The lowest BCUT2D eigenvalue weighted by molar-refractivity contribution is -0.136. The van der Waals surface area contributed by atoms with Gasteiger partial charge in [-0.2, -0.15) is 0 Å². The second-order valence-corrected chi connectivity index (χ2v) is 9.18. The second kappa shape index (κ2) is 9.92. The van der Waals surface area contributed by atoms with E-state index in [2.05, 4.69) is 5.32 Å². The van der Waals surface area contributed by atoms with E-state index in [1.165, 1.54) is 7.11 Å². The smallest absolute Gasteiger partial charge is 0.259 e. The lowest BCUT2D eigenvalue weighted by atomic mass is 9.90. The molecular formula is C25H30ClN3O3. The Labute approximate surface area is 194 Å². The lowest BCUT2D eigenvalue weighted by Gasteiger charge is -2.36. The van der Waals surface area contributed by atoms with Gasteiger partial charge < -0.3 is 20.7 Å². The van der Waals surface area contributed by atoms with Crippen LogP contribution in [0.2, 0.25) is 5.02 Å². The van der Waals surface area contributed by atoms with Crippen LogP contribution in [0.15, 0.2) is 42.5 Å². The average Bonchev–Trinajstić information content (AvgIpc) is 3.65. The molecule has 4 rings (SSSR count). The van der Waals surface area contributed by atoms with Gasteiger partial charge in [-0.25, -0.2) is 0 Å². The highest BCUT2D eigenvalue weighted by Crippen LogP contribution is 2.35. The molecule has 0 spiro atoms. The number of nitrogens with zero attached hydrogens (tertiary/aromatic N) is 1. The van der Waals surface area contributed by atoms with E-state index in [9.17, 15) is 9.59 Å². The van der Waals surface area contributed by atoms with E-state index in [1.807, 2.05) is 17.0 Å². The average molecular weight is 456 g/mol. The Morgan fingerprint density at radius 2 is 1.81 bits per heavy atom. The van der Waals surface area contributed by atoms with Crippen LogP contribution >= 0.6 is 11.6 Å². The minimum atomic E-state index is -0.261. The van der Waals surface area contributed by atoms with Gasteiger partial charge in [-0.05, 0) is 74.4 Å². The van der Waals surface area contributed by atoms with Crippen molar-refractivity contribution in [2.75, 3.05) is 12.4 Å². The molecule has 32 heavy (non-hydrogen) atoms. The molecule has 2 aliphatic rings. The molecule has 0 unspecified atom stereocenters. The summed E-state index contributed by atoms with van der Waals surface area (Å²) in [6.07, 6.45) is 5.63. The minimum Gasteiger partial charge on any atom is -0.496 e. The summed E-state index contributed by atoms with van der Waals surface area (Å²) in [5.74, 6) is 0.599. The van der Waals surface area contributed by atoms with Crippen LogP contribution in [0.4, 0.5) is 5.69 Å². The molecule has 0 heterocycles. The number of nitrogens with one attached hydrogen (secondary N) is 1. The van der Waals surface area contributed by atoms with Crippen molar-refractivity contribution < 1.29 is 14.3 Å². The summed E-state index contributed by atoms with van der Waals surface area (Å²) in [5.41, 5.74) is 7.99. The first-order valence-electron chi connectivity index (χ1n) is 11.2. The molecular weight excluding hydrogens is 426 g/mol. The first kappa shape index (κ1) is 22.6. The number of amides is 2. The number of carbonyl (C=O) groups is 2. The van der Waals surface area contributed by atoms with Gasteiger partial charge in [-0.15, -0.1) is 0 Å². The zero-order valence-electron chi connectivity index (χ0n) is 18.4. The van der Waals surface area contributed by atoms with Crippen molar-refractivity contribution >= 4 is 29.1 Å². The van der Waals surface area contributed by atoms with E-state index < -0.39 is 0 Å². The second-order valence-electron chi connectivity index (χ2n) is 8.77. The van der Waals surface area contributed by atoms with Gasteiger partial charge in [0.1, 0.15) is 5.75 Å². The molecule has 2 aliphatic carbocycles. The van der Waals surface area contributed by atoms with Crippen molar-refractivity contribution in [3.05, 3.63) is 58.6 Å². The van der Waals surface area contributed by atoms with Gasteiger partial charge in [0.25, 0.3) is 5.91 Å². The Kier molecular flexibility index (Phi) is 7.01. The summed E-state index contributed by atoms with van der Waals surface area (Å²) in [6, 6.07) is 12.9. The Morgan fingerprint density at radius 1 is 1.09 bits per heavy atom. The molecule has 3 N–H and O–H groups in total. The molecule has 0 aromatic heterocycles. The van der Waals surface area contributed by atoms with E-state index in [1.54, 1.807) is 30.3 Å². The molecule has 7 heteroatoms. The number of hydrogen-bond donors (Lipinski definition) is 2. The van der Waals surface area contributed by atoms with Gasteiger partial charge in [0, 0.05) is 35.3 Å². The maximum atomic E-state index is 13.1. The highest BCUT2D eigenvalue weighted by atomic mass is 35.5. The molecule has 170 valence electrons. The molecule has 0 bridgehead atoms. The third-order valence-corrected chi connectivity index (χ3v) is 6.76. The Balaban J connectivity index is 1.53. The number of rotatable bonds is 7. The highest BCUT2D eigenvalue weighted by molar-refractivity contribution is 6.31. The summed E-state index contributed by atoms with van der Waals surface area (Å²) in [7, 11) is 1.54. The molecule has 2 amide bonds. The summed E-state index contributed by atoms with van der Waals surface area (Å²) < 4.78 is 5.29. The zero-order valence-corrected chi connectivity index (χ0v) is 19.1. The van der Waals surface area contributed by atoms with Crippen molar-refractivity contribution in [1.82, 2.24) is 4.90 Å². The number of nitrogens with two attached hydrogens (primary N) is 1. The summed E-state index contributed by atoms with van der Waals surface area (Å²) >= 11 is 6.51. The fourth-order valence-electron chi connectivity index (χ4n) is 4.35. The third kappa shape index (κ3) is 5.25. The number of ether oxygens (including phenoxy) is 1. The van der Waals surface area contributed by atoms with Crippen molar-refractivity contribution in [2.45, 2.75) is 57.2 Å². The largest absolute Gasteiger partial charge is 0.496 e. The first-order chi connectivity index (χ1) is 15.5. The van der Waals surface area contributed by atoms with Crippen molar-refractivity contribution in [3.8, 4) is 5.75 Å². The number of carbonyl (C=O) groups excluding carboxylic acids is 2. The Hall–Kier alpha value is -2.57. The van der Waals surface area contributed by atoms with Crippen molar-refractivity contribution in [1.29, 1.82) is 0 Å². The first-order valence-corrected chi connectivity index (χ1v) is 11.6. The topological polar surface area (TPSA) is 84.7 Å². The van der Waals surface area contributed by atoms with Crippen LogP contribution in [0.25, 0.3) is 0 Å². The summed E-state index contributed by atoms with van der Waals surface area (Å²) in [5, 5.41) is 3.51. The fourth-order valence-corrected chi connectivity index (χ4v) is 4.53. The summed E-state index contributed by atoms with van der Waals surface area (Å²) in [4.78, 5) is 27.9. The number of para-hydroxylation sites is 1. The van der Waals surface area contributed by atoms with Crippen LogP contribution < -0.4 is 15.8 Å². The van der Waals surface area contributed by atoms with Gasteiger partial charge in [0.15, 0.2) is 0 Å². The number of methoxy groups -OCH3 is 1. The third-order valence-electron chi connectivity index (χ3n) is 6.39. The minimum absolute atomic E-state index is 0.137. The van der Waals surface area contributed by atoms with E-state index in [-0.39, 0.29) is 29.8 Å². The molecule has 6 nitrogen and oxygen atoms in total. The number of hydrogen-bond acceptors (Lipinski definition) is 4. The quantitative estimate of drug-likeness (QED) is 0.638. The monoisotopic (exact) mass is 455 g/mol. The van der Waals surface area contributed by atoms with Crippen molar-refractivity contribution in [3.63, 3.8) is 0 Å². The van der Waals surface area contributed by atoms with E-state index in [0.29, 0.717) is 28.6 Å². The van der Waals surface area contributed by atoms with E-state index >= 15 is 0 Å². The predicted octanol–water partition coefficient (Wildman–Crippen LogP) is 4.61.